The molecule has 0 saturated carbocycles. The van der Waals surface area contributed by atoms with Crippen molar-refractivity contribution >= 4 is 5.91 Å². The number of ether oxygens (including phenoxy) is 2. The number of rotatable bonds is 3. The highest BCUT2D eigenvalue weighted by atomic mass is 16.6. The van der Waals surface area contributed by atoms with Gasteiger partial charge in [0.25, 0.3) is 5.91 Å². The Bertz CT molecular complexity index is 650. The van der Waals surface area contributed by atoms with Crippen LogP contribution in [0.15, 0.2) is 42.5 Å². The Morgan fingerprint density at radius 2 is 1.86 bits per heavy atom. The first kappa shape index (κ1) is 13.5. The van der Waals surface area contributed by atoms with Gasteiger partial charge in [-0.1, -0.05) is 35.9 Å². The van der Waals surface area contributed by atoms with Crippen LogP contribution in [0.4, 0.5) is 0 Å². The molecule has 0 aliphatic carbocycles. The third-order valence-corrected chi connectivity index (χ3v) is 3.38. The van der Waals surface area contributed by atoms with Crippen LogP contribution in [0.25, 0.3) is 0 Å². The fourth-order valence-corrected chi connectivity index (χ4v) is 2.24. The van der Waals surface area contributed by atoms with Crippen molar-refractivity contribution in [3.8, 4) is 11.5 Å². The molecule has 0 aromatic heterocycles. The number of benzene rings is 2. The molecule has 0 radical (unpaired) electrons. The summed E-state index contributed by atoms with van der Waals surface area (Å²) in [5, 5.41) is 2.91. The van der Waals surface area contributed by atoms with E-state index < -0.39 is 0 Å². The largest absolute Gasteiger partial charge is 0.486 e. The Balaban J connectivity index is 1.72. The number of hydrogen-bond donors (Lipinski definition) is 1. The molecule has 3 rings (SSSR count). The van der Waals surface area contributed by atoms with Crippen molar-refractivity contribution in [1.82, 2.24) is 5.32 Å². The highest BCUT2D eigenvalue weighted by Gasteiger charge is 2.19. The average Bonchev–Trinajstić information content (AvgIpc) is 2.53. The number of nitrogens with one attached hydrogen (secondary N) is 1. The second-order valence-corrected chi connectivity index (χ2v) is 5.00. The Morgan fingerprint density at radius 1 is 1.10 bits per heavy atom. The van der Waals surface area contributed by atoms with Crippen molar-refractivity contribution in [3.63, 3.8) is 0 Å². The van der Waals surface area contributed by atoms with Crippen LogP contribution in [0.5, 0.6) is 11.5 Å². The van der Waals surface area contributed by atoms with Crippen LogP contribution in [0.1, 0.15) is 21.5 Å². The summed E-state index contributed by atoms with van der Waals surface area (Å²) in [6.45, 7) is 3.51. The van der Waals surface area contributed by atoms with Crippen LogP contribution in [0.2, 0.25) is 0 Å². The van der Waals surface area contributed by atoms with Gasteiger partial charge in [0, 0.05) is 6.54 Å². The zero-order valence-corrected chi connectivity index (χ0v) is 11.9. The molecule has 1 amide bonds. The molecular weight excluding hydrogens is 266 g/mol. The highest BCUT2D eigenvalue weighted by molar-refractivity contribution is 5.97. The Labute approximate surface area is 123 Å². The molecule has 108 valence electrons. The van der Waals surface area contributed by atoms with Gasteiger partial charge in [0.1, 0.15) is 13.2 Å². The molecular formula is C17H17NO3. The van der Waals surface area contributed by atoms with Crippen LogP contribution in [0.3, 0.4) is 0 Å². The van der Waals surface area contributed by atoms with E-state index in [2.05, 4.69) is 5.32 Å². The first-order valence-corrected chi connectivity index (χ1v) is 6.96. The summed E-state index contributed by atoms with van der Waals surface area (Å²) in [6, 6.07) is 13.4. The minimum absolute atomic E-state index is 0.155. The zero-order valence-electron chi connectivity index (χ0n) is 11.9. The van der Waals surface area contributed by atoms with Gasteiger partial charge in [-0.2, -0.15) is 0 Å². The number of para-hydroxylation sites is 1. The van der Waals surface area contributed by atoms with Crippen LogP contribution < -0.4 is 14.8 Å². The van der Waals surface area contributed by atoms with Crippen molar-refractivity contribution < 1.29 is 14.3 Å². The molecule has 1 N–H and O–H groups in total. The maximum atomic E-state index is 12.3. The molecule has 0 atom stereocenters. The SMILES string of the molecule is Cc1ccc(CNC(=O)c2cccc3c2OCCO3)cc1. The lowest BCUT2D eigenvalue weighted by molar-refractivity contribution is 0.0940. The summed E-state index contributed by atoms with van der Waals surface area (Å²) in [7, 11) is 0. The lowest BCUT2D eigenvalue weighted by Crippen LogP contribution is -2.25. The minimum Gasteiger partial charge on any atom is -0.486 e. The van der Waals surface area contributed by atoms with Gasteiger partial charge in [-0.05, 0) is 24.6 Å². The molecule has 0 fully saturated rings. The second-order valence-electron chi connectivity index (χ2n) is 5.00. The van der Waals surface area contributed by atoms with E-state index in [1.54, 1.807) is 12.1 Å². The van der Waals surface area contributed by atoms with Crippen LogP contribution >= 0.6 is 0 Å². The number of hydrogen-bond acceptors (Lipinski definition) is 3. The van der Waals surface area contributed by atoms with Crippen molar-refractivity contribution in [2.24, 2.45) is 0 Å². The van der Waals surface area contributed by atoms with Gasteiger partial charge in [0.05, 0.1) is 5.56 Å². The Morgan fingerprint density at radius 3 is 2.67 bits per heavy atom. The summed E-state index contributed by atoms with van der Waals surface area (Å²) in [6.07, 6.45) is 0. The second kappa shape index (κ2) is 5.87. The fraction of sp³-hybridized carbons (Fsp3) is 0.235. The van der Waals surface area contributed by atoms with Crippen molar-refractivity contribution in [3.05, 3.63) is 59.2 Å². The molecule has 4 heteroatoms. The zero-order chi connectivity index (χ0) is 14.7. The third-order valence-electron chi connectivity index (χ3n) is 3.38. The number of carbonyl (C=O) groups excluding carboxylic acids is 1. The molecule has 1 aliphatic heterocycles. The number of amides is 1. The quantitative estimate of drug-likeness (QED) is 0.942. The summed E-state index contributed by atoms with van der Waals surface area (Å²) >= 11 is 0. The monoisotopic (exact) mass is 283 g/mol. The highest BCUT2D eigenvalue weighted by Crippen LogP contribution is 2.33. The molecule has 1 aliphatic rings. The van der Waals surface area contributed by atoms with E-state index in [4.69, 9.17) is 9.47 Å². The maximum Gasteiger partial charge on any atom is 0.255 e. The lowest BCUT2D eigenvalue weighted by Gasteiger charge is -2.20. The molecule has 21 heavy (non-hydrogen) atoms. The van der Waals surface area contributed by atoms with Gasteiger partial charge in [-0.3, -0.25) is 4.79 Å². The maximum absolute atomic E-state index is 12.3. The predicted octanol–water partition coefficient (Wildman–Crippen LogP) is 2.70. The Kier molecular flexibility index (Phi) is 3.77. The van der Waals surface area contributed by atoms with E-state index in [9.17, 15) is 4.79 Å². The normalized spacial score (nSPS) is 12.8. The van der Waals surface area contributed by atoms with E-state index in [1.807, 2.05) is 37.3 Å². The summed E-state index contributed by atoms with van der Waals surface area (Å²) < 4.78 is 11.0. The smallest absolute Gasteiger partial charge is 0.255 e. The Hall–Kier alpha value is -2.49. The topological polar surface area (TPSA) is 47.6 Å². The van der Waals surface area contributed by atoms with Gasteiger partial charge in [0.15, 0.2) is 11.5 Å². The number of aryl methyl sites for hydroxylation is 1. The molecule has 0 unspecified atom stereocenters. The van der Waals surface area contributed by atoms with E-state index >= 15 is 0 Å². The van der Waals surface area contributed by atoms with Crippen molar-refractivity contribution in [2.45, 2.75) is 13.5 Å². The molecule has 0 saturated heterocycles. The van der Waals surface area contributed by atoms with E-state index in [0.717, 1.165) is 5.56 Å². The van der Waals surface area contributed by atoms with E-state index in [1.165, 1.54) is 5.56 Å². The first-order valence-electron chi connectivity index (χ1n) is 6.96. The molecule has 2 aromatic carbocycles. The van der Waals surface area contributed by atoms with Crippen LogP contribution in [-0.2, 0) is 6.54 Å². The average molecular weight is 283 g/mol. The molecule has 4 nitrogen and oxygen atoms in total. The van der Waals surface area contributed by atoms with Crippen molar-refractivity contribution in [1.29, 1.82) is 0 Å². The van der Waals surface area contributed by atoms with Gasteiger partial charge in [-0.25, -0.2) is 0 Å². The van der Waals surface area contributed by atoms with Crippen molar-refractivity contribution in [2.75, 3.05) is 13.2 Å². The summed E-state index contributed by atoms with van der Waals surface area (Å²) in [5.74, 6) is 1.01. The van der Waals surface area contributed by atoms with Gasteiger partial charge in [-0.15, -0.1) is 0 Å². The molecule has 0 spiro atoms. The standard InChI is InChI=1S/C17H17NO3/c1-12-5-7-13(8-6-12)11-18-17(19)14-3-2-4-15-16(14)21-10-9-20-15/h2-8H,9-11H2,1H3,(H,18,19). The van der Waals surface area contributed by atoms with E-state index in [-0.39, 0.29) is 5.91 Å². The van der Waals surface area contributed by atoms with Gasteiger partial charge in [0.2, 0.25) is 0 Å². The number of fused-ring (bicyclic) bond motifs is 1. The van der Waals surface area contributed by atoms with Gasteiger partial charge >= 0.3 is 0 Å². The molecule has 2 aromatic rings. The van der Waals surface area contributed by atoms with Gasteiger partial charge < -0.3 is 14.8 Å². The van der Waals surface area contributed by atoms with Crippen LogP contribution in [-0.4, -0.2) is 19.1 Å². The van der Waals surface area contributed by atoms with E-state index in [0.29, 0.717) is 36.8 Å². The lowest BCUT2D eigenvalue weighted by atomic mass is 10.1. The molecule has 0 bridgehead atoms. The first-order chi connectivity index (χ1) is 10.2. The van der Waals surface area contributed by atoms with Crippen LogP contribution in [0, 0.1) is 6.92 Å². The summed E-state index contributed by atoms with van der Waals surface area (Å²) in [5.41, 5.74) is 2.78. The number of carbonyl (C=O) groups is 1. The summed E-state index contributed by atoms with van der Waals surface area (Å²) in [4.78, 5) is 12.3. The minimum atomic E-state index is -0.155. The fourth-order valence-electron chi connectivity index (χ4n) is 2.24. The predicted molar refractivity (Wildman–Crippen MR) is 79.8 cm³/mol. The third kappa shape index (κ3) is 2.99. The molecule has 1 heterocycles.